The van der Waals surface area contributed by atoms with Gasteiger partial charge in [-0.05, 0) is 0 Å². The van der Waals surface area contributed by atoms with Gasteiger partial charge in [0.2, 0.25) is 0 Å². The highest BCUT2D eigenvalue weighted by atomic mass is 16.6. The molecule has 82 valence electrons. The van der Waals surface area contributed by atoms with Crippen molar-refractivity contribution in [2.45, 2.75) is 30.7 Å². The Hall–Kier alpha value is -0.730. The first kappa shape index (κ1) is 11.3. The Balaban J connectivity index is 2.75. The summed E-state index contributed by atoms with van der Waals surface area (Å²) in [7, 11) is 1.32. The number of ether oxygens (including phenoxy) is 1. The Bertz CT molecular complexity index is 222. The molecule has 1 saturated heterocycles. The summed E-state index contributed by atoms with van der Waals surface area (Å²) >= 11 is 0. The van der Waals surface area contributed by atoms with Crippen LogP contribution >= 0.6 is 0 Å². The number of hydrogen-bond acceptors (Lipinski definition) is 6. The van der Waals surface area contributed by atoms with Crippen LogP contribution in [0.5, 0.6) is 0 Å². The molecule has 0 aromatic carbocycles. The average molecular weight is 207 g/mol. The molecule has 0 unspecified atom stereocenters. The van der Waals surface area contributed by atoms with E-state index in [9.17, 15) is 15.0 Å². The second kappa shape index (κ2) is 4.20. The van der Waals surface area contributed by atoms with Gasteiger partial charge in [-0.1, -0.05) is 0 Å². The first-order valence-electron chi connectivity index (χ1n) is 4.08. The van der Waals surface area contributed by atoms with Crippen LogP contribution in [-0.4, -0.2) is 64.1 Å². The molecule has 1 aliphatic heterocycles. The van der Waals surface area contributed by atoms with Crippen molar-refractivity contribution in [3.8, 4) is 0 Å². The lowest BCUT2D eigenvalue weighted by Crippen LogP contribution is -2.61. The van der Waals surface area contributed by atoms with E-state index in [1.807, 2.05) is 0 Å². The molecule has 1 heterocycles. The fraction of sp³-hybridized carbons (Fsp3) is 0.857. The van der Waals surface area contributed by atoms with E-state index in [1.165, 1.54) is 7.05 Å². The minimum Gasteiger partial charge on any atom is -0.387 e. The van der Waals surface area contributed by atoms with Crippen LogP contribution in [0.15, 0.2) is 0 Å². The normalized spacial score (nSPS) is 43.4. The van der Waals surface area contributed by atoms with Gasteiger partial charge < -0.3 is 30.5 Å². The Morgan fingerprint density at radius 2 is 1.71 bits per heavy atom. The van der Waals surface area contributed by atoms with Crippen molar-refractivity contribution in [2.75, 3.05) is 7.05 Å². The van der Waals surface area contributed by atoms with Crippen molar-refractivity contribution < 1.29 is 30.0 Å². The highest BCUT2D eigenvalue weighted by molar-refractivity contribution is 5.81. The summed E-state index contributed by atoms with van der Waals surface area (Å²) in [5.41, 5.74) is 0. The van der Waals surface area contributed by atoms with Crippen molar-refractivity contribution in [3.63, 3.8) is 0 Å². The van der Waals surface area contributed by atoms with Crippen LogP contribution in [0.2, 0.25) is 0 Å². The van der Waals surface area contributed by atoms with Crippen molar-refractivity contribution in [2.24, 2.45) is 0 Å². The highest BCUT2D eigenvalue weighted by Gasteiger charge is 2.45. The third kappa shape index (κ3) is 1.86. The van der Waals surface area contributed by atoms with E-state index in [0.29, 0.717) is 0 Å². The van der Waals surface area contributed by atoms with Gasteiger partial charge in [0.15, 0.2) is 12.4 Å². The van der Waals surface area contributed by atoms with E-state index in [4.69, 9.17) is 10.2 Å². The fourth-order valence-electron chi connectivity index (χ4n) is 1.22. The van der Waals surface area contributed by atoms with Gasteiger partial charge in [0, 0.05) is 7.05 Å². The van der Waals surface area contributed by atoms with E-state index >= 15 is 0 Å². The maximum absolute atomic E-state index is 11.1. The van der Waals surface area contributed by atoms with Gasteiger partial charge >= 0.3 is 0 Å². The first-order valence-corrected chi connectivity index (χ1v) is 4.08. The van der Waals surface area contributed by atoms with E-state index in [-0.39, 0.29) is 0 Å². The number of aliphatic hydroxyl groups is 4. The molecule has 0 radical (unpaired) electrons. The fourth-order valence-corrected chi connectivity index (χ4v) is 1.22. The molecule has 1 amide bonds. The van der Waals surface area contributed by atoms with Crippen LogP contribution in [0.4, 0.5) is 0 Å². The molecule has 1 aliphatic rings. The lowest BCUT2D eigenvalue weighted by molar-refractivity contribution is -0.275. The topological polar surface area (TPSA) is 119 Å². The molecule has 0 saturated carbocycles. The van der Waals surface area contributed by atoms with Crippen LogP contribution < -0.4 is 5.32 Å². The average Bonchev–Trinajstić information content (AvgIpc) is 2.19. The smallest absolute Gasteiger partial charge is 0.251 e. The third-order valence-corrected chi connectivity index (χ3v) is 2.09. The summed E-state index contributed by atoms with van der Waals surface area (Å²) in [6, 6.07) is 0. The Morgan fingerprint density at radius 3 is 2.21 bits per heavy atom. The third-order valence-electron chi connectivity index (χ3n) is 2.09. The largest absolute Gasteiger partial charge is 0.387 e. The molecule has 0 spiro atoms. The van der Waals surface area contributed by atoms with Crippen molar-refractivity contribution in [1.29, 1.82) is 0 Å². The van der Waals surface area contributed by atoms with E-state index in [2.05, 4.69) is 10.1 Å². The molecule has 7 heteroatoms. The number of amides is 1. The molecule has 14 heavy (non-hydrogen) atoms. The Morgan fingerprint density at radius 1 is 1.14 bits per heavy atom. The van der Waals surface area contributed by atoms with E-state index in [0.717, 1.165) is 0 Å². The van der Waals surface area contributed by atoms with Crippen LogP contribution in [-0.2, 0) is 9.53 Å². The molecule has 5 atom stereocenters. The van der Waals surface area contributed by atoms with Crippen LogP contribution in [0.3, 0.4) is 0 Å². The monoisotopic (exact) mass is 207 g/mol. The van der Waals surface area contributed by atoms with Crippen molar-refractivity contribution in [3.05, 3.63) is 0 Å². The van der Waals surface area contributed by atoms with Crippen LogP contribution in [0, 0.1) is 0 Å². The molecule has 7 nitrogen and oxygen atoms in total. The van der Waals surface area contributed by atoms with Gasteiger partial charge in [-0.3, -0.25) is 4.79 Å². The Labute approximate surface area is 79.9 Å². The number of carbonyl (C=O) groups excluding carboxylic acids is 1. The molecule has 0 aliphatic carbocycles. The van der Waals surface area contributed by atoms with E-state index < -0.39 is 36.6 Å². The molecule has 1 rings (SSSR count). The second-order valence-corrected chi connectivity index (χ2v) is 3.03. The zero-order valence-corrected chi connectivity index (χ0v) is 7.49. The van der Waals surface area contributed by atoms with Crippen LogP contribution in [0.1, 0.15) is 0 Å². The predicted molar refractivity (Wildman–Crippen MR) is 43.0 cm³/mol. The molecular weight excluding hydrogens is 194 g/mol. The lowest BCUT2D eigenvalue weighted by atomic mass is 9.98. The molecular formula is C7H13NO6. The number of rotatable bonds is 1. The molecule has 5 N–H and O–H groups in total. The van der Waals surface area contributed by atoms with Gasteiger partial charge in [-0.15, -0.1) is 0 Å². The van der Waals surface area contributed by atoms with Gasteiger partial charge in [-0.25, -0.2) is 0 Å². The standard InChI is InChI=1S/C7H13NO6/c1-8-6(12)5-3(10)2(9)4(11)7(13)14-5/h2-5,7,9-11,13H,1H3,(H,8,12)/t2-,3-,4+,5-,7-/m0/s1. The second-order valence-electron chi connectivity index (χ2n) is 3.03. The highest BCUT2D eigenvalue weighted by Crippen LogP contribution is 2.19. The minimum absolute atomic E-state index is 0.678. The predicted octanol–water partition coefficient (Wildman–Crippen LogP) is -3.47. The van der Waals surface area contributed by atoms with Gasteiger partial charge in [0.1, 0.15) is 18.3 Å². The molecule has 1 fully saturated rings. The van der Waals surface area contributed by atoms with E-state index in [1.54, 1.807) is 0 Å². The summed E-state index contributed by atoms with van der Waals surface area (Å²) in [4.78, 5) is 11.1. The van der Waals surface area contributed by atoms with Crippen molar-refractivity contribution in [1.82, 2.24) is 5.32 Å². The van der Waals surface area contributed by atoms with Gasteiger partial charge in [0.05, 0.1) is 0 Å². The number of aliphatic hydroxyl groups excluding tert-OH is 4. The number of nitrogens with one attached hydrogen (secondary N) is 1. The molecule has 0 bridgehead atoms. The van der Waals surface area contributed by atoms with Gasteiger partial charge in [-0.2, -0.15) is 0 Å². The van der Waals surface area contributed by atoms with Gasteiger partial charge in [0.25, 0.3) is 5.91 Å². The number of likely N-dealkylation sites (N-methyl/N-ethyl adjacent to an activating group) is 1. The minimum atomic E-state index is -1.68. The van der Waals surface area contributed by atoms with Crippen LogP contribution in [0.25, 0.3) is 0 Å². The number of hydrogen-bond donors (Lipinski definition) is 5. The summed E-state index contributed by atoms with van der Waals surface area (Å²) < 4.78 is 4.62. The zero-order chi connectivity index (χ0) is 10.9. The zero-order valence-electron chi connectivity index (χ0n) is 7.49. The molecule has 0 aromatic heterocycles. The summed E-state index contributed by atoms with van der Waals surface area (Å²) in [6.07, 6.45) is -7.86. The lowest BCUT2D eigenvalue weighted by Gasteiger charge is -2.37. The SMILES string of the molecule is CNC(=O)[C@H]1O[C@H](O)[C@H](O)[C@@H](O)[C@@H]1O. The Kier molecular flexibility index (Phi) is 3.40. The first-order chi connectivity index (χ1) is 6.49. The summed E-state index contributed by atoms with van der Waals surface area (Å²) in [5, 5.41) is 38.9. The molecule has 0 aromatic rings. The summed E-state index contributed by atoms with van der Waals surface area (Å²) in [5.74, 6) is -0.678. The quantitative estimate of drug-likeness (QED) is 0.305. The van der Waals surface area contributed by atoms with Crippen molar-refractivity contribution >= 4 is 5.91 Å². The maximum atomic E-state index is 11.1. The summed E-state index contributed by atoms with van der Waals surface area (Å²) in [6.45, 7) is 0. The number of carbonyl (C=O) groups is 1. The maximum Gasteiger partial charge on any atom is 0.251 e.